The van der Waals surface area contributed by atoms with E-state index in [2.05, 4.69) is 10.6 Å². The summed E-state index contributed by atoms with van der Waals surface area (Å²) in [6.45, 7) is 3.45. The summed E-state index contributed by atoms with van der Waals surface area (Å²) in [5, 5.41) is 13.9. The number of rotatable bonds is 6. The Balaban J connectivity index is 2.37. The second-order valence-corrected chi connectivity index (χ2v) is 4.85. The number of aliphatic carboxylic acids is 1. The van der Waals surface area contributed by atoms with E-state index in [9.17, 15) is 14.0 Å². The van der Waals surface area contributed by atoms with Crippen LogP contribution < -0.4 is 10.6 Å². The number of halogens is 1. The van der Waals surface area contributed by atoms with E-state index in [4.69, 9.17) is 5.11 Å². The zero-order valence-corrected chi connectivity index (χ0v) is 11.5. The van der Waals surface area contributed by atoms with E-state index in [0.29, 0.717) is 6.42 Å². The fraction of sp³-hybridized carbons (Fsp3) is 0.429. The van der Waals surface area contributed by atoms with Crippen LogP contribution >= 0.6 is 0 Å². The highest BCUT2D eigenvalue weighted by atomic mass is 19.1. The van der Waals surface area contributed by atoms with Crippen molar-refractivity contribution in [1.29, 1.82) is 0 Å². The maximum absolute atomic E-state index is 12.8. The molecule has 0 fully saturated rings. The van der Waals surface area contributed by atoms with E-state index in [1.807, 2.05) is 6.92 Å². The van der Waals surface area contributed by atoms with Gasteiger partial charge in [0, 0.05) is 12.1 Å². The van der Waals surface area contributed by atoms with Crippen molar-refractivity contribution in [2.45, 2.75) is 38.8 Å². The lowest BCUT2D eigenvalue weighted by Gasteiger charge is -2.17. The molecule has 0 spiro atoms. The SMILES string of the molecule is CC(CC(=O)O)NC(=O)NC(C)Cc1ccc(F)cc1. The number of urea groups is 1. The number of carbonyl (C=O) groups excluding carboxylic acids is 1. The van der Waals surface area contributed by atoms with Crippen LogP contribution in [0.3, 0.4) is 0 Å². The minimum atomic E-state index is -0.961. The summed E-state index contributed by atoms with van der Waals surface area (Å²) < 4.78 is 12.8. The standard InChI is InChI=1S/C14H19FN2O3/c1-9(7-11-3-5-12(15)6-4-11)16-14(20)17-10(2)8-13(18)19/h3-6,9-10H,7-8H2,1-2H3,(H,18,19)(H2,16,17,20). The number of carbonyl (C=O) groups is 2. The summed E-state index contributed by atoms with van der Waals surface area (Å²) in [6.07, 6.45) is 0.445. The van der Waals surface area contributed by atoms with Crippen LogP contribution in [0.2, 0.25) is 0 Å². The molecule has 0 aromatic heterocycles. The van der Waals surface area contributed by atoms with Crippen LogP contribution in [0.4, 0.5) is 9.18 Å². The summed E-state index contributed by atoms with van der Waals surface area (Å²) in [4.78, 5) is 22.1. The van der Waals surface area contributed by atoms with Crippen LogP contribution in [0.15, 0.2) is 24.3 Å². The third-order valence-corrected chi connectivity index (χ3v) is 2.69. The van der Waals surface area contributed by atoms with Gasteiger partial charge in [-0.3, -0.25) is 4.79 Å². The van der Waals surface area contributed by atoms with Gasteiger partial charge in [0.1, 0.15) is 5.82 Å². The molecular weight excluding hydrogens is 263 g/mol. The molecule has 3 N–H and O–H groups in total. The summed E-state index contributed by atoms with van der Waals surface area (Å²) in [5.74, 6) is -1.26. The molecule has 0 aliphatic rings. The predicted octanol–water partition coefficient (Wildman–Crippen LogP) is 1.92. The Bertz CT molecular complexity index is 462. The van der Waals surface area contributed by atoms with Gasteiger partial charge in [0.25, 0.3) is 0 Å². The maximum Gasteiger partial charge on any atom is 0.315 e. The van der Waals surface area contributed by atoms with E-state index in [0.717, 1.165) is 5.56 Å². The van der Waals surface area contributed by atoms with E-state index in [-0.39, 0.29) is 18.3 Å². The van der Waals surface area contributed by atoms with Crippen molar-refractivity contribution in [3.63, 3.8) is 0 Å². The average molecular weight is 282 g/mol. The Hall–Kier alpha value is -2.11. The Morgan fingerprint density at radius 1 is 1.15 bits per heavy atom. The molecule has 0 aliphatic heterocycles. The number of benzene rings is 1. The van der Waals surface area contributed by atoms with Crippen molar-refractivity contribution in [1.82, 2.24) is 10.6 Å². The fourth-order valence-corrected chi connectivity index (χ4v) is 1.83. The Morgan fingerprint density at radius 3 is 2.25 bits per heavy atom. The minimum absolute atomic E-state index is 0.125. The normalized spacial score (nSPS) is 13.3. The van der Waals surface area contributed by atoms with Crippen molar-refractivity contribution >= 4 is 12.0 Å². The smallest absolute Gasteiger partial charge is 0.315 e. The molecule has 5 nitrogen and oxygen atoms in total. The molecular formula is C14H19FN2O3. The number of hydrogen-bond acceptors (Lipinski definition) is 2. The molecule has 0 aliphatic carbocycles. The van der Waals surface area contributed by atoms with Crippen molar-refractivity contribution in [2.24, 2.45) is 0 Å². The van der Waals surface area contributed by atoms with Crippen LogP contribution in [0.1, 0.15) is 25.8 Å². The van der Waals surface area contributed by atoms with Crippen LogP contribution in [-0.2, 0) is 11.2 Å². The van der Waals surface area contributed by atoms with Gasteiger partial charge in [-0.15, -0.1) is 0 Å². The molecule has 0 bridgehead atoms. The molecule has 2 amide bonds. The molecule has 20 heavy (non-hydrogen) atoms. The van der Waals surface area contributed by atoms with Gasteiger partial charge in [-0.1, -0.05) is 12.1 Å². The summed E-state index contributed by atoms with van der Waals surface area (Å²) >= 11 is 0. The number of nitrogens with one attached hydrogen (secondary N) is 2. The molecule has 0 saturated heterocycles. The highest BCUT2D eigenvalue weighted by molar-refractivity contribution is 5.75. The second kappa shape index (κ2) is 7.47. The first-order valence-electron chi connectivity index (χ1n) is 6.40. The number of hydrogen-bond donors (Lipinski definition) is 3. The summed E-state index contributed by atoms with van der Waals surface area (Å²) in [6, 6.07) is 5.08. The zero-order chi connectivity index (χ0) is 15.1. The number of carboxylic acids is 1. The first-order chi connectivity index (χ1) is 9.36. The van der Waals surface area contributed by atoms with Crippen molar-refractivity contribution < 1.29 is 19.1 Å². The second-order valence-electron chi connectivity index (χ2n) is 4.85. The van der Waals surface area contributed by atoms with Crippen LogP contribution in [0.25, 0.3) is 0 Å². The van der Waals surface area contributed by atoms with Gasteiger partial charge >= 0.3 is 12.0 Å². The van der Waals surface area contributed by atoms with Crippen molar-refractivity contribution in [3.8, 4) is 0 Å². The average Bonchev–Trinajstić information content (AvgIpc) is 2.30. The molecule has 6 heteroatoms. The van der Waals surface area contributed by atoms with Crippen molar-refractivity contribution in [2.75, 3.05) is 0 Å². The van der Waals surface area contributed by atoms with Gasteiger partial charge in [-0.05, 0) is 38.0 Å². The molecule has 0 radical (unpaired) electrons. The number of carboxylic acid groups (broad SMARTS) is 1. The topological polar surface area (TPSA) is 78.4 Å². The molecule has 0 saturated carbocycles. The quantitative estimate of drug-likeness (QED) is 0.746. The lowest BCUT2D eigenvalue weighted by atomic mass is 10.1. The fourth-order valence-electron chi connectivity index (χ4n) is 1.83. The predicted molar refractivity (Wildman–Crippen MR) is 72.9 cm³/mol. The van der Waals surface area contributed by atoms with E-state index >= 15 is 0 Å². The Morgan fingerprint density at radius 2 is 1.70 bits per heavy atom. The molecule has 0 heterocycles. The maximum atomic E-state index is 12.8. The first kappa shape index (κ1) is 15.9. The largest absolute Gasteiger partial charge is 0.481 e. The molecule has 1 aromatic rings. The molecule has 1 rings (SSSR count). The van der Waals surface area contributed by atoms with E-state index in [1.165, 1.54) is 12.1 Å². The van der Waals surface area contributed by atoms with Gasteiger partial charge in [0.05, 0.1) is 6.42 Å². The van der Waals surface area contributed by atoms with Gasteiger partial charge in [0.2, 0.25) is 0 Å². The van der Waals surface area contributed by atoms with Crippen LogP contribution in [-0.4, -0.2) is 29.2 Å². The third-order valence-electron chi connectivity index (χ3n) is 2.69. The summed E-state index contributed by atoms with van der Waals surface area (Å²) in [5.41, 5.74) is 0.915. The monoisotopic (exact) mass is 282 g/mol. The van der Waals surface area contributed by atoms with E-state index in [1.54, 1.807) is 19.1 Å². The molecule has 1 aromatic carbocycles. The zero-order valence-electron chi connectivity index (χ0n) is 11.5. The van der Waals surface area contributed by atoms with Crippen LogP contribution in [0.5, 0.6) is 0 Å². The van der Waals surface area contributed by atoms with Gasteiger partial charge in [-0.2, -0.15) is 0 Å². The van der Waals surface area contributed by atoms with Gasteiger partial charge < -0.3 is 15.7 Å². The highest BCUT2D eigenvalue weighted by Gasteiger charge is 2.13. The highest BCUT2D eigenvalue weighted by Crippen LogP contribution is 2.05. The van der Waals surface area contributed by atoms with Crippen LogP contribution in [0, 0.1) is 5.82 Å². The molecule has 2 atom stereocenters. The Labute approximate surface area is 117 Å². The third kappa shape index (κ3) is 6.17. The first-order valence-corrected chi connectivity index (χ1v) is 6.40. The lowest BCUT2D eigenvalue weighted by Crippen LogP contribution is -2.45. The Kier molecular flexibility index (Phi) is 5.96. The molecule has 110 valence electrons. The van der Waals surface area contributed by atoms with E-state index < -0.39 is 18.0 Å². The van der Waals surface area contributed by atoms with Gasteiger partial charge in [0.15, 0.2) is 0 Å². The summed E-state index contributed by atoms with van der Waals surface area (Å²) in [7, 11) is 0. The lowest BCUT2D eigenvalue weighted by molar-refractivity contribution is -0.137. The minimum Gasteiger partial charge on any atom is -0.481 e. The molecule has 2 unspecified atom stereocenters. The number of amides is 2. The van der Waals surface area contributed by atoms with Crippen molar-refractivity contribution in [3.05, 3.63) is 35.6 Å². The van der Waals surface area contributed by atoms with Gasteiger partial charge in [-0.25, -0.2) is 9.18 Å².